The van der Waals surface area contributed by atoms with Crippen molar-refractivity contribution in [3.63, 3.8) is 0 Å². The fourth-order valence-corrected chi connectivity index (χ4v) is 3.14. The maximum absolute atomic E-state index is 10.8. The summed E-state index contributed by atoms with van der Waals surface area (Å²) in [6.45, 7) is 4.17. The van der Waals surface area contributed by atoms with Gasteiger partial charge in [0.15, 0.2) is 0 Å². The summed E-state index contributed by atoms with van der Waals surface area (Å²) in [7, 11) is 2.10. The zero-order valence-electron chi connectivity index (χ0n) is 11.4. The van der Waals surface area contributed by atoms with E-state index in [1.54, 1.807) is 0 Å². The van der Waals surface area contributed by atoms with E-state index in [0.29, 0.717) is 11.6 Å². The van der Waals surface area contributed by atoms with Crippen molar-refractivity contribution in [3.05, 3.63) is 32.3 Å². The predicted molar refractivity (Wildman–Crippen MR) is 81.8 cm³/mol. The number of nitrogens with zero attached hydrogens (tertiary/aromatic N) is 2. The third kappa shape index (κ3) is 3.34. The molecule has 7 heteroatoms. The molecular formula is C13H17Cl2N3O2. The molecule has 2 unspecified atom stereocenters. The molecule has 20 heavy (non-hydrogen) atoms. The third-order valence-corrected chi connectivity index (χ3v) is 4.27. The SMILES string of the molecule is CC1CN(C)CCC1Nc1c(Cl)cc([N+](=O)[O-])cc1Cl. The van der Waals surface area contributed by atoms with Gasteiger partial charge in [0.05, 0.1) is 20.7 Å². The van der Waals surface area contributed by atoms with Crippen LogP contribution in [0.5, 0.6) is 0 Å². The molecule has 1 heterocycles. The van der Waals surface area contributed by atoms with Crippen LogP contribution in [0.3, 0.4) is 0 Å². The third-order valence-electron chi connectivity index (χ3n) is 3.68. The Balaban J connectivity index is 2.19. The number of halogens is 2. The van der Waals surface area contributed by atoms with Gasteiger partial charge in [0.25, 0.3) is 5.69 Å². The van der Waals surface area contributed by atoms with Crippen molar-refractivity contribution in [3.8, 4) is 0 Å². The van der Waals surface area contributed by atoms with Crippen LogP contribution in [0.2, 0.25) is 10.0 Å². The molecule has 1 aliphatic heterocycles. The van der Waals surface area contributed by atoms with Crippen LogP contribution in [0.4, 0.5) is 11.4 Å². The quantitative estimate of drug-likeness (QED) is 0.682. The Hall–Kier alpha value is -1.04. The minimum absolute atomic E-state index is 0.0954. The number of benzene rings is 1. The Morgan fingerprint density at radius 2 is 2.00 bits per heavy atom. The average Bonchev–Trinajstić information content (AvgIpc) is 2.35. The number of hydrogen-bond acceptors (Lipinski definition) is 4. The van der Waals surface area contributed by atoms with Gasteiger partial charge in [0.2, 0.25) is 0 Å². The molecule has 0 amide bonds. The van der Waals surface area contributed by atoms with E-state index in [1.807, 2.05) is 0 Å². The highest BCUT2D eigenvalue weighted by Gasteiger charge is 2.26. The molecule has 5 nitrogen and oxygen atoms in total. The number of non-ortho nitro benzene ring substituents is 1. The molecule has 1 aromatic carbocycles. The summed E-state index contributed by atoms with van der Waals surface area (Å²) in [5, 5.41) is 14.7. The van der Waals surface area contributed by atoms with Gasteiger partial charge in [-0.15, -0.1) is 0 Å². The average molecular weight is 318 g/mol. The summed E-state index contributed by atoms with van der Waals surface area (Å²) in [5.74, 6) is 0.455. The Kier molecular flexibility index (Phi) is 4.73. The molecule has 1 aromatic rings. The number of rotatable bonds is 3. The van der Waals surface area contributed by atoms with Crippen LogP contribution in [-0.2, 0) is 0 Å². The lowest BCUT2D eigenvalue weighted by atomic mass is 9.94. The van der Waals surface area contributed by atoms with Crippen molar-refractivity contribution < 1.29 is 4.92 Å². The maximum Gasteiger partial charge on any atom is 0.272 e. The molecule has 2 atom stereocenters. The Morgan fingerprint density at radius 3 is 2.50 bits per heavy atom. The standard InChI is InChI=1S/C13H17Cl2N3O2/c1-8-7-17(2)4-3-12(8)16-13-10(14)5-9(18(19)20)6-11(13)15/h5-6,8,12,16H,3-4,7H2,1-2H3. The minimum Gasteiger partial charge on any atom is -0.380 e. The Morgan fingerprint density at radius 1 is 1.40 bits per heavy atom. The van der Waals surface area contributed by atoms with Gasteiger partial charge in [-0.1, -0.05) is 30.1 Å². The van der Waals surface area contributed by atoms with Gasteiger partial charge in [-0.05, 0) is 25.9 Å². The van der Waals surface area contributed by atoms with Crippen molar-refractivity contribution in [2.45, 2.75) is 19.4 Å². The fourth-order valence-electron chi connectivity index (χ4n) is 2.56. The molecule has 1 N–H and O–H groups in total. The molecule has 0 saturated carbocycles. The largest absolute Gasteiger partial charge is 0.380 e. The van der Waals surface area contributed by atoms with Gasteiger partial charge < -0.3 is 10.2 Å². The lowest BCUT2D eigenvalue weighted by Gasteiger charge is -2.36. The first-order valence-electron chi connectivity index (χ1n) is 6.47. The van der Waals surface area contributed by atoms with E-state index in [-0.39, 0.29) is 21.8 Å². The van der Waals surface area contributed by atoms with Crippen molar-refractivity contribution in [2.75, 3.05) is 25.5 Å². The van der Waals surface area contributed by atoms with Gasteiger partial charge in [0, 0.05) is 24.7 Å². The highest BCUT2D eigenvalue weighted by molar-refractivity contribution is 6.39. The summed E-state index contributed by atoms with van der Waals surface area (Å²) in [4.78, 5) is 12.5. The molecule has 0 aromatic heterocycles. The molecule has 1 aliphatic rings. The normalized spacial score (nSPS) is 23.6. The van der Waals surface area contributed by atoms with Crippen LogP contribution >= 0.6 is 23.2 Å². The monoisotopic (exact) mass is 317 g/mol. The molecule has 0 radical (unpaired) electrons. The first-order chi connectivity index (χ1) is 9.38. The number of anilines is 1. The lowest BCUT2D eigenvalue weighted by Crippen LogP contribution is -2.43. The molecule has 0 bridgehead atoms. The lowest BCUT2D eigenvalue weighted by molar-refractivity contribution is -0.384. The van der Waals surface area contributed by atoms with Crippen LogP contribution in [-0.4, -0.2) is 36.0 Å². The Labute approximate surface area is 128 Å². The summed E-state index contributed by atoms with van der Waals surface area (Å²) >= 11 is 12.2. The zero-order chi connectivity index (χ0) is 14.9. The van der Waals surface area contributed by atoms with Gasteiger partial charge in [-0.25, -0.2) is 0 Å². The first kappa shape index (κ1) is 15.4. The summed E-state index contributed by atoms with van der Waals surface area (Å²) in [6.07, 6.45) is 0.987. The molecular weight excluding hydrogens is 301 g/mol. The van der Waals surface area contributed by atoms with E-state index >= 15 is 0 Å². The van der Waals surface area contributed by atoms with Crippen LogP contribution in [0.1, 0.15) is 13.3 Å². The fraction of sp³-hybridized carbons (Fsp3) is 0.538. The second kappa shape index (κ2) is 6.16. The van der Waals surface area contributed by atoms with Crippen LogP contribution in [0.15, 0.2) is 12.1 Å². The summed E-state index contributed by atoms with van der Waals surface area (Å²) < 4.78 is 0. The topological polar surface area (TPSA) is 58.4 Å². The number of nitro benzene ring substituents is 1. The number of piperidine rings is 1. The second-order valence-corrected chi connectivity index (χ2v) is 6.13. The zero-order valence-corrected chi connectivity index (χ0v) is 12.9. The van der Waals surface area contributed by atoms with Crippen LogP contribution in [0.25, 0.3) is 0 Å². The molecule has 1 saturated heterocycles. The van der Waals surface area contributed by atoms with Crippen molar-refractivity contribution >= 4 is 34.6 Å². The summed E-state index contributed by atoms with van der Waals surface area (Å²) in [5.41, 5.74) is 0.488. The maximum atomic E-state index is 10.8. The number of hydrogen-bond donors (Lipinski definition) is 1. The first-order valence-corrected chi connectivity index (χ1v) is 7.22. The van der Waals surface area contributed by atoms with E-state index in [1.165, 1.54) is 12.1 Å². The molecule has 110 valence electrons. The van der Waals surface area contributed by atoms with Gasteiger partial charge in [-0.3, -0.25) is 10.1 Å². The van der Waals surface area contributed by atoms with Crippen LogP contribution < -0.4 is 5.32 Å². The van der Waals surface area contributed by atoms with Crippen molar-refractivity contribution in [1.29, 1.82) is 0 Å². The smallest absolute Gasteiger partial charge is 0.272 e. The second-order valence-electron chi connectivity index (χ2n) is 5.32. The van der Waals surface area contributed by atoms with Crippen molar-refractivity contribution in [2.24, 2.45) is 5.92 Å². The summed E-state index contributed by atoms with van der Waals surface area (Å²) in [6, 6.07) is 2.92. The number of likely N-dealkylation sites (tertiary alicyclic amines) is 1. The molecule has 1 fully saturated rings. The van der Waals surface area contributed by atoms with E-state index in [9.17, 15) is 10.1 Å². The predicted octanol–water partition coefficient (Wildman–Crippen LogP) is 3.65. The van der Waals surface area contributed by atoms with E-state index < -0.39 is 4.92 Å². The molecule has 0 spiro atoms. The van der Waals surface area contributed by atoms with Gasteiger partial charge in [0.1, 0.15) is 0 Å². The van der Waals surface area contributed by atoms with E-state index in [4.69, 9.17) is 23.2 Å². The highest BCUT2D eigenvalue weighted by Crippen LogP contribution is 2.36. The molecule has 2 rings (SSSR count). The van der Waals surface area contributed by atoms with Gasteiger partial charge >= 0.3 is 0 Å². The Bertz CT molecular complexity index is 501. The highest BCUT2D eigenvalue weighted by atomic mass is 35.5. The van der Waals surface area contributed by atoms with Crippen LogP contribution in [0, 0.1) is 16.0 Å². The number of nitrogens with one attached hydrogen (secondary N) is 1. The van der Waals surface area contributed by atoms with E-state index in [2.05, 4.69) is 24.2 Å². The van der Waals surface area contributed by atoms with Gasteiger partial charge in [-0.2, -0.15) is 0 Å². The van der Waals surface area contributed by atoms with E-state index in [0.717, 1.165) is 19.5 Å². The minimum atomic E-state index is -0.500. The van der Waals surface area contributed by atoms with Crippen molar-refractivity contribution in [1.82, 2.24) is 4.90 Å². The molecule has 0 aliphatic carbocycles. The number of nitro groups is 1.